The molecular weight excluding hydrogens is 423 g/mol. The summed E-state index contributed by atoms with van der Waals surface area (Å²) in [5, 5.41) is 2.72. The Balaban J connectivity index is 1.42. The predicted octanol–water partition coefficient (Wildman–Crippen LogP) is 4.46. The monoisotopic (exact) mass is 444 g/mol. The maximum absolute atomic E-state index is 13.2. The van der Waals surface area contributed by atoms with Gasteiger partial charge in [-0.1, -0.05) is 13.8 Å². The number of H-pyrrole nitrogens is 2. The summed E-state index contributed by atoms with van der Waals surface area (Å²) in [7, 11) is 0. The number of carbonyl (C=O) groups excluding carboxylic acids is 2. The van der Waals surface area contributed by atoms with E-state index in [2.05, 4.69) is 20.3 Å². The molecule has 33 heavy (non-hydrogen) atoms. The highest BCUT2D eigenvalue weighted by Crippen LogP contribution is 2.33. The van der Waals surface area contributed by atoms with Gasteiger partial charge in [-0.25, -0.2) is 9.37 Å². The van der Waals surface area contributed by atoms with Gasteiger partial charge < -0.3 is 15.3 Å². The summed E-state index contributed by atoms with van der Waals surface area (Å²) < 4.78 is 13.2. The summed E-state index contributed by atoms with van der Waals surface area (Å²) in [4.78, 5) is 48.3. The van der Waals surface area contributed by atoms with Crippen molar-refractivity contribution in [2.24, 2.45) is 5.41 Å². The minimum Gasteiger partial charge on any atom is -0.338 e. The molecule has 2 heterocycles. The first kappa shape index (κ1) is 20.8. The van der Waals surface area contributed by atoms with Gasteiger partial charge in [0.25, 0.3) is 11.5 Å². The Morgan fingerprint density at radius 1 is 1.03 bits per heavy atom. The van der Waals surface area contributed by atoms with Gasteiger partial charge in [0.05, 0.1) is 11.0 Å². The highest BCUT2D eigenvalue weighted by molar-refractivity contribution is 6.07. The SMILES string of the molecule is CC1(C)CC(=O)c2cc(C(=O)Nc3ccc4nc(-c5ccc(F)cc5)[nH]c4c3)c(=O)[nH]c2C1. The fourth-order valence-corrected chi connectivity index (χ4v) is 4.23. The number of hydrogen-bond acceptors (Lipinski definition) is 4. The van der Waals surface area contributed by atoms with Crippen LogP contribution in [0.15, 0.2) is 53.3 Å². The summed E-state index contributed by atoms with van der Waals surface area (Å²) in [5.74, 6) is -0.448. The summed E-state index contributed by atoms with van der Waals surface area (Å²) in [6.07, 6.45) is 0.929. The smallest absolute Gasteiger partial charge is 0.261 e. The van der Waals surface area contributed by atoms with Crippen molar-refractivity contribution in [3.05, 3.63) is 81.5 Å². The van der Waals surface area contributed by atoms with Crippen LogP contribution in [0.1, 0.15) is 46.7 Å². The molecule has 2 aromatic carbocycles. The lowest BCUT2D eigenvalue weighted by Crippen LogP contribution is -2.32. The molecule has 1 aliphatic carbocycles. The van der Waals surface area contributed by atoms with Crippen molar-refractivity contribution in [2.45, 2.75) is 26.7 Å². The van der Waals surface area contributed by atoms with E-state index in [1.807, 2.05) is 13.8 Å². The van der Waals surface area contributed by atoms with E-state index in [0.717, 1.165) is 5.56 Å². The minimum absolute atomic E-state index is 0.0845. The average molecular weight is 444 g/mol. The zero-order valence-electron chi connectivity index (χ0n) is 18.1. The van der Waals surface area contributed by atoms with Gasteiger partial charge in [0, 0.05) is 28.9 Å². The van der Waals surface area contributed by atoms with Gasteiger partial charge in [0.1, 0.15) is 17.2 Å². The maximum Gasteiger partial charge on any atom is 0.261 e. The van der Waals surface area contributed by atoms with E-state index in [-0.39, 0.29) is 22.6 Å². The molecule has 0 atom stereocenters. The lowest BCUT2D eigenvalue weighted by atomic mass is 9.75. The fraction of sp³-hybridized carbons (Fsp3) is 0.200. The van der Waals surface area contributed by atoms with Gasteiger partial charge in [-0.15, -0.1) is 0 Å². The summed E-state index contributed by atoms with van der Waals surface area (Å²) in [6, 6.07) is 12.5. The highest BCUT2D eigenvalue weighted by Gasteiger charge is 2.32. The second kappa shape index (κ2) is 7.51. The lowest BCUT2D eigenvalue weighted by molar-refractivity contribution is 0.0910. The van der Waals surface area contributed by atoms with Crippen LogP contribution in [0.3, 0.4) is 0 Å². The van der Waals surface area contributed by atoms with Crippen LogP contribution in [0, 0.1) is 11.2 Å². The van der Waals surface area contributed by atoms with Crippen molar-refractivity contribution in [3.63, 3.8) is 0 Å². The number of aromatic nitrogens is 3. The molecule has 0 unspecified atom stereocenters. The van der Waals surface area contributed by atoms with Crippen LogP contribution in [0.4, 0.5) is 10.1 Å². The number of aromatic amines is 2. The molecule has 0 fully saturated rings. The molecule has 0 aliphatic heterocycles. The minimum atomic E-state index is -0.602. The zero-order valence-corrected chi connectivity index (χ0v) is 18.1. The molecule has 0 saturated carbocycles. The van der Waals surface area contributed by atoms with Crippen molar-refractivity contribution >= 4 is 28.4 Å². The summed E-state index contributed by atoms with van der Waals surface area (Å²) in [6.45, 7) is 3.94. The normalized spacial score (nSPS) is 14.8. The number of ketones is 1. The van der Waals surface area contributed by atoms with Crippen LogP contribution in [-0.2, 0) is 6.42 Å². The van der Waals surface area contributed by atoms with E-state index in [4.69, 9.17) is 0 Å². The average Bonchev–Trinajstić information content (AvgIpc) is 3.16. The van der Waals surface area contributed by atoms with Crippen LogP contribution >= 0.6 is 0 Å². The van der Waals surface area contributed by atoms with Crippen LogP contribution in [-0.4, -0.2) is 26.6 Å². The number of benzene rings is 2. The molecule has 3 N–H and O–H groups in total. The van der Waals surface area contributed by atoms with Gasteiger partial charge in [-0.3, -0.25) is 14.4 Å². The molecule has 0 spiro atoms. The number of amides is 1. The Hall–Kier alpha value is -4.07. The number of anilines is 1. The number of fused-ring (bicyclic) bond motifs is 2. The molecule has 1 aliphatic rings. The third kappa shape index (κ3) is 3.95. The number of imidazole rings is 1. The quantitative estimate of drug-likeness (QED) is 0.433. The third-order valence-electron chi connectivity index (χ3n) is 5.82. The number of nitrogens with zero attached hydrogens (tertiary/aromatic N) is 1. The Morgan fingerprint density at radius 2 is 1.79 bits per heavy atom. The van der Waals surface area contributed by atoms with Crippen molar-refractivity contribution in [1.29, 1.82) is 0 Å². The fourth-order valence-electron chi connectivity index (χ4n) is 4.23. The van der Waals surface area contributed by atoms with Crippen molar-refractivity contribution in [3.8, 4) is 11.4 Å². The zero-order chi connectivity index (χ0) is 23.3. The Kier molecular flexibility index (Phi) is 4.74. The molecule has 0 bridgehead atoms. The van der Waals surface area contributed by atoms with E-state index < -0.39 is 11.5 Å². The molecule has 0 saturated heterocycles. The molecular formula is C25H21FN4O3. The van der Waals surface area contributed by atoms with Crippen LogP contribution in [0.5, 0.6) is 0 Å². The molecule has 7 nitrogen and oxygen atoms in total. The van der Waals surface area contributed by atoms with Crippen LogP contribution < -0.4 is 10.9 Å². The lowest BCUT2D eigenvalue weighted by Gasteiger charge is -2.29. The van der Waals surface area contributed by atoms with Crippen molar-refractivity contribution in [2.75, 3.05) is 5.32 Å². The Bertz CT molecular complexity index is 1480. The number of carbonyl (C=O) groups is 2. The van der Waals surface area contributed by atoms with Crippen molar-refractivity contribution < 1.29 is 14.0 Å². The number of halogens is 1. The first-order valence-corrected chi connectivity index (χ1v) is 10.5. The molecule has 8 heteroatoms. The maximum atomic E-state index is 13.2. The first-order chi connectivity index (χ1) is 15.7. The first-order valence-electron chi connectivity index (χ1n) is 10.5. The number of nitrogens with one attached hydrogen (secondary N) is 3. The standard InChI is InChI=1S/C25H21FN4O3/c1-25(2)11-20-16(21(31)12-25)10-17(24(33)30-20)23(32)27-15-7-8-18-19(9-15)29-22(28-18)13-3-5-14(26)6-4-13/h3-10H,11-12H2,1-2H3,(H,27,32)(H,28,29)(H,30,33). The summed E-state index contributed by atoms with van der Waals surface area (Å²) in [5.41, 5.74) is 2.63. The van der Waals surface area contributed by atoms with Gasteiger partial charge in [0.15, 0.2) is 5.78 Å². The Morgan fingerprint density at radius 3 is 2.55 bits per heavy atom. The predicted molar refractivity (Wildman–Crippen MR) is 123 cm³/mol. The van der Waals surface area contributed by atoms with Gasteiger partial charge in [-0.05, 0) is 60.4 Å². The van der Waals surface area contributed by atoms with E-state index >= 15 is 0 Å². The summed E-state index contributed by atoms with van der Waals surface area (Å²) >= 11 is 0. The molecule has 1 amide bonds. The van der Waals surface area contributed by atoms with E-state index in [1.165, 1.54) is 18.2 Å². The second-order valence-electron chi connectivity index (χ2n) is 9.12. The number of rotatable bonds is 3. The molecule has 2 aromatic heterocycles. The topological polar surface area (TPSA) is 108 Å². The van der Waals surface area contributed by atoms with Crippen LogP contribution in [0.2, 0.25) is 0 Å². The van der Waals surface area contributed by atoms with Gasteiger partial charge in [0.2, 0.25) is 0 Å². The van der Waals surface area contributed by atoms with Crippen LogP contribution in [0.25, 0.3) is 22.4 Å². The molecule has 0 radical (unpaired) electrons. The molecule has 166 valence electrons. The number of Topliss-reactive ketones (excluding diaryl/α,β-unsaturated/α-hetero) is 1. The number of pyridine rings is 1. The van der Waals surface area contributed by atoms with E-state index in [1.54, 1.807) is 30.3 Å². The second-order valence-corrected chi connectivity index (χ2v) is 9.12. The van der Waals surface area contributed by atoms with Crippen molar-refractivity contribution in [1.82, 2.24) is 15.0 Å². The third-order valence-corrected chi connectivity index (χ3v) is 5.82. The van der Waals surface area contributed by atoms with E-state index in [0.29, 0.717) is 46.6 Å². The Labute approximate surface area is 188 Å². The van der Waals surface area contributed by atoms with Gasteiger partial charge in [-0.2, -0.15) is 0 Å². The largest absolute Gasteiger partial charge is 0.338 e. The highest BCUT2D eigenvalue weighted by atomic mass is 19.1. The van der Waals surface area contributed by atoms with E-state index in [9.17, 15) is 18.8 Å². The number of hydrogen-bond donors (Lipinski definition) is 3. The van der Waals surface area contributed by atoms with Gasteiger partial charge >= 0.3 is 0 Å². The molecule has 5 rings (SSSR count). The molecule has 4 aromatic rings.